The van der Waals surface area contributed by atoms with Gasteiger partial charge in [0.05, 0.1) is 37.9 Å². The zero-order chi connectivity index (χ0) is 25.2. The van der Waals surface area contributed by atoms with Crippen molar-refractivity contribution in [2.45, 2.75) is 25.4 Å². The van der Waals surface area contributed by atoms with Crippen molar-refractivity contribution in [3.8, 4) is 17.8 Å². The molecule has 0 unspecified atom stereocenters. The van der Waals surface area contributed by atoms with Crippen molar-refractivity contribution in [2.24, 2.45) is 0 Å². The number of fused-ring (bicyclic) bond motifs is 2. The van der Waals surface area contributed by atoms with Crippen LogP contribution in [0, 0.1) is 11.3 Å². The van der Waals surface area contributed by atoms with Crippen LogP contribution in [0.2, 0.25) is 0 Å². The number of piperazine rings is 1. The Morgan fingerprint density at radius 1 is 1.25 bits per heavy atom. The lowest BCUT2D eigenvalue weighted by Gasteiger charge is -2.42. The van der Waals surface area contributed by atoms with Gasteiger partial charge >= 0.3 is 6.01 Å². The van der Waals surface area contributed by atoms with Gasteiger partial charge in [-0.1, -0.05) is 30.8 Å². The quantitative estimate of drug-likeness (QED) is 0.551. The number of aromatic nitrogens is 2. The minimum absolute atomic E-state index is 0.161. The van der Waals surface area contributed by atoms with Gasteiger partial charge in [-0.3, -0.25) is 4.79 Å². The highest BCUT2D eigenvalue weighted by Gasteiger charge is 2.33. The molecule has 1 N–H and O–H groups in total. The van der Waals surface area contributed by atoms with Gasteiger partial charge in [-0.05, 0) is 23.9 Å². The summed E-state index contributed by atoms with van der Waals surface area (Å²) in [5.74, 6) is 0.864. The minimum Gasteiger partial charge on any atom is -0.508 e. The van der Waals surface area contributed by atoms with E-state index in [1.807, 2.05) is 18.2 Å². The summed E-state index contributed by atoms with van der Waals surface area (Å²) in [5, 5.41) is 21.7. The summed E-state index contributed by atoms with van der Waals surface area (Å²) in [6, 6.07) is 13.8. The third-order valence-electron chi connectivity index (χ3n) is 6.94. The zero-order valence-corrected chi connectivity index (χ0v) is 20.2. The van der Waals surface area contributed by atoms with Gasteiger partial charge in [-0.2, -0.15) is 15.2 Å². The van der Waals surface area contributed by atoms with Crippen LogP contribution in [-0.2, 0) is 17.8 Å². The molecule has 0 radical (unpaired) electrons. The number of hydrogen-bond donors (Lipinski definition) is 1. The Hall–Kier alpha value is -4.32. The van der Waals surface area contributed by atoms with Crippen molar-refractivity contribution in [3.63, 3.8) is 0 Å². The Balaban J connectivity index is 1.48. The molecule has 2 aliphatic rings. The summed E-state index contributed by atoms with van der Waals surface area (Å²) >= 11 is 0. The molecule has 1 saturated heterocycles. The lowest BCUT2D eigenvalue weighted by Crippen LogP contribution is -2.55. The van der Waals surface area contributed by atoms with Crippen LogP contribution in [0.25, 0.3) is 10.8 Å². The maximum atomic E-state index is 12.3. The van der Waals surface area contributed by atoms with E-state index in [4.69, 9.17) is 9.72 Å². The van der Waals surface area contributed by atoms with Crippen molar-refractivity contribution >= 4 is 28.2 Å². The first-order valence-corrected chi connectivity index (χ1v) is 12.0. The Morgan fingerprint density at radius 2 is 2.08 bits per heavy atom. The molecular formula is C27H28N6O3. The van der Waals surface area contributed by atoms with E-state index < -0.39 is 0 Å². The number of rotatable bonds is 5. The summed E-state index contributed by atoms with van der Waals surface area (Å²) in [6.07, 6.45) is 2.25. The molecule has 2 aliphatic heterocycles. The number of nitriles is 1. The van der Waals surface area contributed by atoms with Crippen LogP contribution in [0.5, 0.6) is 11.8 Å². The lowest BCUT2D eigenvalue weighted by atomic mass is 10.0. The monoisotopic (exact) mass is 484 g/mol. The van der Waals surface area contributed by atoms with E-state index in [-0.39, 0.29) is 30.1 Å². The number of aromatic hydroxyl groups is 1. The van der Waals surface area contributed by atoms with Crippen molar-refractivity contribution in [1.29, 1.82) is 5.26 Å². The molecule has 1 atom stereocenters. The van der Waals surface area contributed by atoms with Crippen molar-refractivity contribution in [2.75, 3.05) is 43.1 Å². The second kappa shape index (κ2) is 9.74. The topological polar surface area (TPSA) is 106 Å². The Bertz CT molecular complexity index is 1370. The molecule has 5 rings (SSSR count). The van der Waals surface area contributed by atoms with Crippen LogP contribution in [0.3, 0.4) is 0 Å². The molecule has 1 fully saturated rings. The largest absolute Gasteiger partial charge is 0.508 e. The molecule has 2 aromatic carbocycles. The smallest absolute Gasteiger partial charge is 0.318 e. The van der Waals surface area contributed by atoms with E-state index in [2.05, 4.69) is 33.5 Å². The summed E-state index contributed by atoms with van der Waals surface area (Å²) < 4.78 is 5.46. The number of amides is 1. The van der Waals surface area contributed by atoms with Gasteiger partial charge in [-0.25, -0.2) is 0 Å². The van der Waals surface area contributed by atoms with E-state index in [1.54, 1.807) is 24.1 Å². The molecule has 36 heavy (non-hydrogen) atoms. The molecule has 3 aromatic rings. The molecule has 9 heteroatoms. The van der Waals surface area contributed by atoms with Crippen LogP contribution in [0.4, 0.5) is 11.5 Å². The summed E-state index contributed by atoms with van der Waals surface area (Å²) in [7, 11) is 1.55. The Labute approximate surface area is 209 Å². The number of phenolic OH excluding ortho intramolecular Hbond substituents is 1. The van der Waals surface area contributed by atoms with E-state index in [0.717, 1.165) is 40.1 Å². The maximum Gasteiger partial charge on any atom is 0.318 e. The zero-order valence-electron chi connectivity index (χ0n) is 20.2. The van der Waals surface area contributed by atoms with Crippen molar-refractivity contribution in [3.05, 3.63) is 60.3 Å². The van der Waals surface area contributed by atoms with Gasteiger partial charge in [0, 0.05) is 48.9 Å². The number of anilines is 2. The maximum absolute atomic E-state index is 12.3. The van der Waals surface area contributed by atoms with Crippen LogP contribution >= 0.6 is 0 Å². The fraction of sp³-hybridized carbons (Fsp3) is 0.333. The highest BCUT2D eigenvalue weighted by atomic mass is 16.5. The second-order valence-electron chi connectivity index (χ2n) is 9.01. The number of carbonyl (C=O) groups is 1. The molecule has 3 heterocycles. The first-order valence-electron chi connectivity index (χ1n) is 12.0. The van der Waals surface area contributed by atoms with Gasteiger partial charge in [0.2, 0.25) is 5.91 Å². The van der Waals surface area contributed by atoms with Crippen LogP contribution in [0.1, 0.15) is 17.7 Å². The fourth-order valence-corrected chi connectivity index (χ4v) is 5.22. The summed E-state index contributed by atoms with van der Waals surface area (Å²) in [4.78, 5) is 27.8. The number of benzene rings is 2. The summed E-state index contributed by atoms with van der Waals surface area (Å²) in [6.45, 7) is 6.46. The van der Waals surface area contributed by atoms with Gasteiger partial charge in [0.1, 0.15) is 11.6 Å². The predicted molar refractivity (Wildman–Crippen MR) is 137 cm³/mol. The third kappa shape index (κ3) is 4.26. The highest BCUT2D eigenvalue weighted by Crippen LogP contribution is 2.36. The molecule has 184 valence electrons. The highest BCUT2D eigenvalue weighted by molar-refractivity contribution is 5.95. The lowest BCUT2D eigenvalue weighted by molar-refractivity contribution is -0.128. The molecule has 0 spiro atoms. The number of phenols is 1. The van der Waals surface area contributed by atoms with E-state index in [9.17, 15) is 15.2 Å². The normalized spacial score (nSPS) is 17.4. The van der Waals surface area contributed by atoms with Gasteiger partial charge < -0.3 is 24.5 Å². The number of nitrogens with zero attached hydrogens (tertiary/aromatic N) is 6. The second-order valence-corrected chi connectivity index (χ2v) is 9.01. The average molecular weight is 485 g/mol. The number of hydrogen-bond acceptors (Lipinski definition) is 8. The molecule has 0 aliphatic carbocycles. The van der Waals surface area contributed by atoms with E-state index >= 15 is 0 Å². The molecular weight excluding hydrogens is 456 g/mol. The molecule has 9 nitrogen and oxygen atoms in total. The van der Waals surface area contributed by atoms with E-state index in [0.29, 0.717) is 32.6 Å². The molecule has 0 saturated carbocycles. The van der Waals surface area contributed by atoms with Gasteiger partial charge in [0.25, 0.3) is 0 Å². The van der Waals surface area contributed by atoms with Crippen LogP contribution in [-0.4, -0.2) is 65.2 Å². The van der Waals surface area contributed by atoms with Crippen LogP contribution in [0.15, 0.2) is 49.1 Å². The number of ether oxygens (including phenoxy) is 1. The number of methoxy groups -OCH3 is 1. The van der Waals surface area contributed by atoms with E-state index in [1.165, 1.54) is 6.08 Å². The molecule has 0 bridgehead atoms. The average Bonchev–Trinajstić information content (AvgIpc) is 2.91. The third-order valence-corrected chi connectivity index (χ3v) is 6.94. The van der Waals surface area contributed by atoms with Crippen molar-refractivity contribution < 1.29 is 14.6 Å². The van der Waals surface area contributed by atoms with Crippen LogP contribution < -0.4 is 14.5 Å². The Kier molecular flexibility index (Phi) is 6.34. The van der Waals surface area contributed by atoms with Gasteiger partial charge in [0.15, 0.2) is 0 Å². The summed E-state index contributed by atoms with van der Waals surface area (Å²) in [5.41, 5.74) is 2.88. The fourth-order valence-electron chi connectivity index (χ4n) is 5.22. The molecule has 1 aromatic heterocycles. The first-order chi connectivity index (χ1) is 17.5. The standard InChI is InChI=1S/C27H28N6O3/c1-3-25(35)33-13-12-32(16-19(33)8-10-28)26-22-9-11-31(17-23(22)29-27(30-26)36-2)24-15-20(34)14-18-6-4-5-7-21(18)24/h3-7,14-15,19,34H,1,8-9,11-13,16-17H2,2H3/t19-/m0/s1. The van der Waals surface area contributed by atoms with Gasteiger partial charge in [-0.15, -0.1) is 0 Å². The first kappa shape index (κ1) is 23.4. The predicted octanol–water partition coefficient (Wildman–Crippen LogP) is 3.02. The Morgan fingerprint density at radius 3 is 2.86 bits per heavy atom. The van der Waals surface area contributed by atoms with Crippen molar-refractivity contribution in [1.82, 2.24) is 14.9 Å². The molecule has 1 amide bonds. The number of carbonyl (C=O) groups excluding carboxylic acids is 1. The minimum atomic E-state index is -0.246. The SMILES string of the molecule is C=CC(=O)N1CCN(c2nc(OC)nc3c2CCN(c2cc(O)cc4ccccc24)C3)C[C@@H]1CC#N.